The van der Waals surface area contributed by atoms with Crippen molar-refractivity contribution in [3.63, 3.8) is 0 Å². The van der Waals surface area contributed by atoms with Gasteiger partial charge in [-0.1, -0.05) is 25.6 Å². The number of aromatic nitrogens is 4. The minimum absolute atomic E-state index is 0.0296. The van der Waals surface area contributed by atoms with Crippen molar-refractivity contribution in [3.05, 3.63) is 12.7 Å². The number of hydrogen-bond acceptors (Lipinski definition) is 25. The van der Waals surface area contributed by atoms with Crippen LogP contribution in [0.25, 0.3) is 11.2 Å². The highest BCUT2D eigenvalue weighted by Crippen LogP contribution is 2.56. The summed E-state index contributed by atoms with van der Waals surface area (Å²) in [5.41, 5.74) is 3.99. The lowest BCUT2D eigenvalue weighted by Crippen LogP contribution is -2.46. The van der Waals surface area contributed by atoms with E-state index in [4.69, 9.17) is 10.5 Å². The number of phosphoric ester groups is 3. The number of phosphoric acid groups is 3. The monoisotopic (exact) mass is 920 g/mol. The van der Waals surface area contributed by atoms with Crippen LogP contribution in [-0.4, -0.2) is 129 Å². The third-order valence-electron chi connectivity index (χ3n) is 7.68. The number of thioether (sulfide) groups is 1. The third-order valence-corrected chi connectivity index (χ3v) is 11.5. The summed E-state index contributed by atoms with van der Waals surface area (Å²) in [4.78, 5) is 117. The number of imidazole rings is 1. The van der Waals surface area contributed by atoms with Crippen molar-refractivity contribution in [2.24, 2.45) is 5.41 Å². The van der Waals surface area contributed by atoms with Gasteiger partial charge in [0, 0.05) is 43.6 Å². The Labute approximate surface area is 337 Å². The van der Waals surface area contributed by atoms with Crippen molar-refractivity contribution in [3.8, 4) is 0 Å². The molecule has 28 nitrogen and oxygen atoms in total. The summed E-state index contributed by atoms with van der Waals surface area (Å²) in [6.07, 6.45) is -7.95. The fourth-order valence-electron chi connectivity index (χ4n) is 4.82. The number of rotatable bonds is 25. The van der Waals surface area contributed by atoms with Crippen LogP contribution in [0.1, 0.15) is 32.9 Å². The van der Waals surface area contributed by atoms with Crippen LogP contribution < -0.4 is 41.3 Å². The van der Waals surface area contributed by atoms with E-state index in [9.17, 15) is 67.5 Å². The molecule has 1 aliphatic rings. The molecular weight excluding hydrogens is 881 g/mol. The smallest absolute Gasteiger partial charge is 0.293 e. The lowest BCUT2D eigenvalue weighted by Gasteiger charge is -2.36. The van der Waals surface area contributed by atoms with Crippen LogP contribution in [0.3, 0.4) is 0 Å². The number of carbonyl (C=O) groups excluding carboxylic acids is 5. The van der Waals surface area contributed by atoms with Gasteiger partial charge in [0.25, 0.3) is 22.1 Å². The summed E-state index contributed by atoms with van der Waals surface area (Å²) in [5.74, 6) is -1.95. The number of carbonyl (C=O) groups is 5. The summed E-state index contributed by atoms with van der Waals surface area (Å²) in [6.45, 7) is -0.507. The zero-order valence-electron chi connectivity index (χ0n) is 30.8. The number of nitrogens with one attached hydrogen (secondary N) is 3. The first-order chi connectivity index (χ1) is 27.4. The average Bonchev–Trinajstić information content (AvgIpc) is 3.70. The molecule has 3 rings (SSSR count). The number of ether oxygens (including phenoxy) is 2. The molecule has 0 spiro atoms. The van der Waals surface area contributed by atoms with E-state index >= 15 is 0 Å². The van der Waals surface area contributed by atoms with Crippen molar-refractivity contribution in [1.29, 1.82) is 0 Å². The molecule has 1 fully saturated rings. The van der Waals surface area contributed by atoms with E-state index in [1.54, 1.807) is 0 Å². The van der Waals surface area contributed by atoms with Gasteiger partial charge in [-0.15, -0.1) is 0 Å². The highest BCUT2D eigenvalue weighted by molar-refractivity contribution is 8.13. The molecule has 3 amide bonds. The van der Waals surface area contributed by atoms with Gasteiger partial charge in [-0.05, 0) is 0 Å². The number of nitrogens with zero attached hydrogens (tertiary/aromatic N) is 4. The Balaban J connectivity index is 1.43. The van der Waals surface area contributed by atoms with E-state index in [0.717, 1.165) is 42.8 Å². The molecule has 7 unspecified atom stereocenters. The van der Waals surface area contributed by atoms with E-state index in [-0.39, 0.29) is 61.7 Å². The van der Waals surface area contributed by atoms with Crippen LogP contribution in [0, 0.1) is 5.41 Å². The van der Waals surface area contributed by atoms with Crippen molar-refractivity contribution in [2.45, 2.75) is 57.3 Å². The predicted molar refractivity (Wildman–Crippen MR) is 188 cm³/mol. The molecule has 332 valence electrons. The average molecular weight is 921 g/mol. The molecule has 3 heterocycles. The fourth-order valence-corrected chi connectivity index (χ4v) is 8.14. The molecule has 7 atom stereocenters. The third kappa shape index (κ3) is 16.1. The van der Waals surface area contributed by atoms with Crippen molar-refractivity contribution in [2.75, 3.05) is 50.9 Å². The summed E-state index contributed by atoms with van der Waals surface area (Å²) in [7, 11) is -17.7. The zero-order valence-corrected chi connectivity index (χ0v) is 34.3. The SMILES string of the molecule is CC(C)(COP(=O)([O-])OP(=O)([O-])OCC1OC(n2cnc3c(N)ncnc32)C(O)C1OP(=O)([O-])[O-])C(O)C(=O)NCCC(=O)NCCC(=O)NCCSC(=O)COC=O. The highest BCUT2D eigenvalue weighted by atomic mass is 32.2. The lowest BCUT2D eigenvalue weighted by molar-refractivity contribution is -0.347. The first-order valence-electron chi connectivity index (χ1n) is 16.7. The number of nitrogens with two attached hydrogens (primary N) is 1. The number of hydrogen-bond donors (Lipinski definition) is 6. The van der Waals surface area contributed by atoms with E-state index < -0.39 is 102 Å². The zero-order chi connectivity index (χ0) is 44.2. The van der Waals surface area contributed by atoms with Crippen molar-refractivity contribution >= 4 is 81.5 Å². The molecule has 59 heavy (non-hydrogen) atoms. The van der Waals surface area contributed by atoms with Gasteiger partial charge in [0.05, 0.1) is 27.4 Å². The Hall–Kier alpha value is -3.50. The predicted octanol–water partition coefficient (Wildman–Crippen LogP) is -5.18. The Bertz CT molecular complexity index is 1950. The van der Waals surface area contributed by atoms with Gasteiger partial charge in [0.1, 0.15) is 36.3 Å². The second kappa shape index (κ2) is 21.8. The van der Waals surface area contributed by atoms with Gasteiger partial charge in [0.15, 0.2) is 24.3 Å². The molecule has 2 aromatic heterocycles. The van der Waals surface area contributed by atoms with E-state index in [2.05, 4.69) is 53.5 Å². The highest BCUT2D eigenvalue weighted by Gasteiger charge is 2.47. The molecule has 0 aliphatic carbocycles. The molecule has 0 radical (unpaired) electrons. The minimum Gasteiger partial charge on any atom is -0.790 e. The Morgan fingerprint density at radius 2 is 1.64 bits per heavy atom. The maximum Gasteiger partial charge on any atom is 0.293 e. The van der Waals surface area contributed by atoms with Crippen LogP contribution in [-0.2, 0) is 65.0 Å². The maximum atomic E-state index is 12.5. The van der Waals surface area contributed by atoms with Crippen molar-refractivity contribution < 1.29 is 94.8 Å². The van der Waals surface area contributed by atoms with Crippen LogP contribution >= 0.6 is 35.2 Å². The first-order valence-corrected chi connectivity index (χ1v) is 22.1. The van der Waals surface area contributed by atoms with Gasteiger partial charge in [-0.2, -0.15) is 0 Å². The quantitative estimate of drug-likeness (QED) is 0.0308. The molecule has 7 N–H and O–H groups in total. The number of anilines is 1. The van der Waals surface area contributed by atoms with Crippen LogP contribution in [0.2, 0.25) is 0 Å². The molecule has 0 saturated carbocycles. The van der Waals surface area contributed by atoms with E-state index in [1.165, 1.54) is 0 Å². The number of nitrogen functional groups attached to an aromatic ring is 1. The van der Waals surface area contributed by atoms with Gasteiger partial charge in [-0.3, -0.25) is 37.7 Å². The number of fused-ring (bicyclic) bond motifs is 1. The molecule has 2 aromatic rings. The van der Waals surface area contributed by atoms with Crippen LogP contribution in [0.15, 0.2) is 12.7 Å². The molecule has 0 aromatic carbocycles. The number of amides is 3. The van der Waals surface area contributed by atoms with Crippen LogP contribution in [0.5, 0.6) is 0 Å². The number of aliphatic hydroxyl groups excluding tert-OH is 2. The Morgan fingerprint density at radius 3 is 2.29 bits per heavy atom. The molecule has 1 saturated heterocycles. The Kier molecular flexibility index (Phi) is 18.5. The standard InChI is InChI=1S/C27H43N8O20P3S/c1-27(2,22(41)25(42)31-6-4-16(37)29-5-3-17(38)30-7-8-59-18(39)10-50-14-36)11-52-58(48,49)55-57(46,47)51-9-15-21(54-56(43,44)45)20(40)26(53-15)35-13-34-19-23(28)32-12-33-24(19)35/h12-15,20-22,26,40-41H,3-11H2,1-2H3,(H,29,37)(H,30,38)(H,31,42)(H,46,47)(H,48,49)(H2,28,32,33)(H2,43,44,45)/p-4. The van der Waals surface area contributed by atoms with Gasteiger partial charge >= 0.3 is 0 Å². The summed E-state index contributed by atoms with van der Waals surface area (Å²) >= 11 is 0.850. The topological polar surface area (TPSA) is 430 Å². The summed E-state index contributed by atoms with van der Waals surface area (Å²) in [6, 6.07) is 0. The van der Waals surface area contributed by atoms with E-state index in [1.807, 2.05) is 0 Å². The summed E-state index contributed by atoms with van der Waals surface area (Å²) < 4.78 is 64.7. The van der Waals surface area contributed by atoms with E-state index in [0.29, 0.717) is 0 Å². The normalized spacial score (nSPS) is 20.9. The second-order valence-electron chi connectivity index (χ2n) is 12.7. The summed E-state index contributed by atoms with van der Waals surface area (Å²) in [5, 5.41) is 28.1. The molecule has 1 aliphatic heterocycles. The van der Waals surface area contributed by atoms with Gasteiger partial charge in [-0.25, -0.2) is 19.3 Å². The van der Waals surface area contributed by atoms with Crippen LogP contribution in [0.4, 0.5) is 5.82 Å². The minimum atomic E-state index is -5.94. The lowest BCUT2D eigenvalue weighted by atomic mass is 9.87. The number of aliphatic hydroxyl groups is 2. The molecule has 32 heteroatoms. The first kappa shape index (κ1) is 49.9. The van der Waals surface area contributed by atoms with Crippen molar-refractivity contribution in [1.82, 2.24) is 35.5 Å². The van der Waals surface area contributed by atoms with Gasteiger partial charge < -0.3 is 79.1 Å². The fraction of sp³-hybridized carbons (Fsp3) is 0.630. The maximum absolute atomic E-state index is 12.5. The Morgan fingerprint density at radius 1 is 1.02 bits per heavy atom. The molecular formula is C27H39N8O20P3S-4. The van der Waals surface area contributed by atoms with Gasteiger partial charge in [0.2, 0.25) is 22.8 Å². The largest absolute Gasteiger partial charge is 0.790 e. The second-order valence-corrected chi connectivity index (χ2v) is 17.9. The molecule has 0 bridgehead atoms.